The maximum Gasteiger partial charge on any atom is 0.185 e. The van der Waals surface area contributed by atoms with Gasteiger partial charge in [0.2, 0.25) is 0 Å². The predicted octanol–water partition coefficient (Wildman–Crippen LogP) is 3.06. The minimum atomic E-state index is 0.523. The van der Waals surface area contributed by atoms with Gasteiger partial charge >= 0.3 is 0 Å². The van der Waals surface area contributed by atoms with Crippen LogP contribution in [0.5, 0.6) is 0 Å². The highest BCUT2D eigenvalue weighted by molar-refractivity contribution is 7.99. The average Bonchev–Trinajstić information content (AvgIpc) is 2.64. The van der Waals surface area contributed by atoms with Crippen LogP contribution in [0.2, 0.25) is 0 Å². The van der Waals surface area contributed by atoms with Gasteiger partial charge in [-0.1, -0.05) is 13.8 Å². The summed E-state index contributed by atoms with van der Waals surface area (Å²) in [7, 11) is 0. The van der Waals surface area contributed by atoms with E-state index in [1.54, 1.807) is 11.3 Å². The molecule has 2 N–H and O–H groups in total. The molecule has 1 fully saturated rings. The van der Waals surface area contributed by atoms with Crippen molar-refractivity contribution in [3.05, 3.63) is 10.6 Å². The van der Waals surface area contributed by atoms with E-state index in [-0.39, 0.29) is 0 Å². The van der Waals surface area contributed by atoms with E-state index in [4.69, 9.17) is 10.7 Å². The number of hydrogen-bond donors (Lipinski definition) is 1. The van der Waals surface area contributed by atoms with E-state index >= 15 is 0 Å². The van der Waals surface area contributed by atoms with Crippen LogP contribution >= 0.6 is 23.1 Å². The number of thiazole rings is 1. The fraction of sp³-hybridized carbons (Fsp3) is 0.769. The summed E-state index contributed by atoms with van der Waals surface area (Å²) in [5, 5.41) is 1.19. The van der Waals surface area contributed by atoms with E-state index in [1.807, 2.05) is 0 Å². The first-order valence-electron chi connectivity index (χ1n) is 6.78. The highest BCUT2D eigenvalue weighted by Gasteiger charge is 2.19. The fourth-order valence-electron chi connectivity index (χ4n) is 2.15. The molecule has 0 bridgehead atoms. The Morgan fingerprint density at radius 1 is 1.39 bits per heavy atom. The van der Waals surface area contributed by atoms with Crippen molar-refractivity contribution >= 4 is 28.2 Å². The molecular weight excluding hydrogens is 262 g/mol. The van der Waals surface area contributed by atoms with Crippen molar-refractivity contribution in [3.63, 3.8) is 0 Å². The van der Waals surface area contributed by atoms with Crippen LogP contribution in [0.25, 0.3) is 0 Å². The van der Waals surface area contributed by atoms with Gasteiger partial charge in [-0.15, -0.1) is 11.3 Å². The van der Waals surface area contributed by atoms with Crippen LogP contribution in [0.3, 0.4) is 0 Å². The number of thioether (sulfide) groups is 1. The van der Waals surface area contributed by atoms with Gasteiger partial charge in [0.15, 0.2) is 5.13 Å². The van der Waals surface area contributed by atoms with E-state index in [1.165, 1.54) is 33.6 Å². The largest absolute Gasteiger partial charge is 0.347 e. The van der Waals surface area contributed by atoms with Crippen molar-refractivity contribution < 1.29 is 0 Å². The van der Waals surface area contributed by atoms with Crippen LogP contribution in [0.1, 0.15) is 43.2 Å². The van der Waals surface area contributed by atoms with Gasteiger partial charge in [-0.3, -0.25) is 0 Å². The quantitative estimate of drug-likeness (QED) is 0.923. The van der Waals surface area contributed by atoms with Crippen LogP contribution in [0, 0.1) is 0 Å². The molecule has 2 rings (SSSR count). The monoisotopic (exact) mass is 285 g/mol. The van der Waals surface area contributed by atoms with Gasteiger partial charge in [-0.2, -0.15) is 11.8 Å². The minimum Gasteiger partial charge on any atom is -0.347 e. The molecule has 5 heteroatoms. The Bertz CT molecular complexity index is 370. The van der Waals surface area contributed by atoms with E-state index in [0.29, 0.717) is 12.5 Å². The molecule has 0 saturated carbocycles. The lowest BCUT2D eigenvalue weighted by Crippen LogP contribution is -2.25. The van der Waals surface area contributed by atoms with E-state index < -0.39 is 0 Å². The maximum atomic E-state index is 5.86. The topological polar surface area (TPSA) is 42.2 Å². The summed E-state index contributed by atoms with van der Waals surface area (Å²) in [4.78, 5) is 8.59. The van der Waals surface area contributed by atoms with Crippen LogP contribution in [0.4, 0.5) is 5.13 Å². The lowest BCUT2D eigenvalue weighted by atomic mass is 10.0. The number of aromatic nitrogens is 1. The molecule has 1 aliphatic rings. The van der Waals surface area contributed by atoms with Gasteiger partial charge in [0.1, 0.15) is 0 Å². The SMILES string of the molecule is CCC(C)c1nc(N2CCCSCC2)sc1CN. The lowest BCUT2D eigenvalue weighted by Gasteiger charge is -2.18. The second kappa shape index (κ2) is 6.78. The molecular formula is C13H23N3S2. The van der Waals surface area contributed by atoms with Crippen LogP contribution in [0.15, 0.2) is 0 Å². The Kier molecular flexibility index (Phi) is 5.33. The van der Waals surface area contributed by atoms with Crippen molar-refractivity contribution in [3.8, 4) is 0 Å². The van der Waals surface area contributed by atoms with Gasteiger partial charge in [0.05, 0.1) is 5.69 Å². The second-order valence-corrected chi connectivity index (χ2v) is 7.06. The third-order valence-corrected chi connectivity index (χ3v) is 5.68. The molecule has 1 aromatic rings. The second-order valence-electron chi connectivity index (χ2n) is 4.77. The molecule has 0 aromatic carbocycles. The van der Waals surface area contributed by atoms with E-state index in [9.17, 15) is 0 Å². The Labute approximate surface area is 118 Å². The average molecular weight is 285 g/mol. The Morgan fingerprint density at radius 3 is 2.94 bits per heavy atom. The summed E-state index contributed by atoms with van der Waals surface area (Å²) in [5.74, 6) is 3.02. The predicted molar refractivity (Wildman–Crippen MR) is 82.9 cm³/mol. The van der Waals surface area contributed by atoms with Crippen molar-refractivity contribution in [2.75, 3.05) is 29.5 Å². The number of nitrogens with two attached hydrogens (primary N) is 1. The number of anilines is 1. The summed E-state index contributed by atoms with van der Waals surface area (Å²) >= 11 is 3.85. The van der Waals surface area contributed by atoms with Gasteiger partial charge < -0.3 is 10.6 Å². The van der Waals surface area contributed by atoms with Crippen molar-refractivity contribution in [2.45, 2.75) is 39.2 Å². The van der Waals surface area contributed by atoms with E-state index in [0.717, 1.165) is 19.5 Å². The summed E-state index contributed by atoms with van der Waals surface area (Å²) in [6, 6.07) is 0. The highest BCUT2D eigenvalue weighted by atomic mass is 32.2. The fourth-order valence-corrected chi connectivity index (χ4v) is 4.15. The minimum absolute atomic E-state index is 0.523. The third kappa shape index (κ3) is 3.19. The summed E-state index contributed by atoms with van der Waals surface area (Å²) in [6.07, 6.45) is 2.40. The summed E-state index contributed by atoms with van der Waals surface area (Å²) in [6.45, 7) is 7.36. The molecule has 0 aliphatic carbocycles. The van der Waals surface area contributed by atoms with Crippen LogP contribution in [-0.4, -0.2) is 29.6 Å². The molecule has 102 valence electrons. The Hall–Kier alpha value is -0.260. The first kappa shape index (κ1) is 14.2. The summed E-state index contributed by atoms with van der Waals surface area (Å²) in [5.41, 5.74) is 7.10. The molecule has 2 heterocycles. The van der Waals surface area contributed by atoms with Gasteiger partial charge in [0, 0.05) is 30.3 Å². The first-order valence-corrected chi connectivity index (χ1v) is 8.75. The van der Waals surface area contributed by atoms with Gasteiger partial charge in [0.25, 0.3) is 0 Å². The number of nitrogens with zero attached hydrogens (tertiary/aromatic N) is 2. The van der Waals surface area contributed by atoms with Crippen LogP contribution in [-0.2, 0) is 6.54 Å². The lowest BCUT2D eigenvalue weighted by molar-refractivity contribution is 0.700. The Morgan fingerprint density at radius 2 is 2.22 bits per heavy atom. The van der Waals surface area contributed by atoms with Crippen LogP contribution < -0.4 is 10.6 Å². The zero-order valence-corrected chi connectivity index (χ0v) is 12.9. The molecule has 18 heavy (non-hydrogen) atoms. The molecule has 0 spiro atoms. The van der Waals surface area contributed by atoms with Crippen molar-refractivity contribution in [1.82, 2.24) is 4.98 Å². The standard InChI is InChI=1S/C13H23N3S2/c1-3-10(2)12-11(9-14)18-13(15-12)16-5-4-7-17-8-6-16/h10H,3-9,14H2,1-2H3. The summed E-state index contributed by atoms with van der Waals surface area (Å²) < 4.78 is 0. The smallest absolute Gasteiger partial charge is 0.185 e. The van der Waals surface area contributed by atoms with E-state index in [2.05, 4.69) is 30.5 Å². The molecule has 3 nitrogen and oxygen atoms in total. The molecule has 1 aliphatic heterocycles. The Balaban J connectivity index is 2.19. The maximum absolute atomic E-state index is 5.86. The zero-order chi connectivity index (χ0) is 13.0. The van der Waals surface area contributed by atoms with Gasteiger partial charge in [-0.25, -0.2) is 4.98 Å². The van der Waals surface area contributed by atoms with Crippen molar-refractivity contribution in [2.24, 2.45) is 5.73 Å². The highest BCUT2D eigenvalue weighted by Crippen LogP contribution is 2.32. The van der Waals surface area contributed by atoms with Gasteiger partial charge in [-0.05, 0) is 24.5 Å². The first-order chi connectivity index (χ1) is 8.76. The molecule has 1 saturated heterocycles. The molecule has 1 unspecified atom stereocenters. The molecule has 1 aromatic heterocycles. The normalized spacial score (nSPS) is 18.7. The number of hydrogen-bond acceptors (Lipinski definition) is 5. The molecule has 0 amide bonds. The molecule has 0 radical (unpaired) electrons. The number of rotatable bonds is 4. The molecule has 1 atom stereocenters. The van der Waals surface area contributed by atoms with Crippen molar-refractivity contribution in [1.29, 1.82) is 0 Å². The third-order valence-electron chi connectivity index (χ3n) is 3.47. The zero-order valence-electron chi connectivity index (χ0n) is 11.3.